The Hall–Kier alpha value is -2.34. The minimum absolute atomic E-state index is 0.313. The van der Waals surface area contributed by atoms with Gasteiger partial charge in [-0.15, -0.1) is 10.2 Å². The van der Waals surface area contributed by atoms with Gasteiger partial charge in [-0.05, 0) is 57.5 Å². The molecule has 2 N–H and O–H groups in total. The summed E-state index contributed by atoms with van der Waals surface area (Å²) in [7, 11) is 0. The number of nitrogens with zero attached hydrogens (tertiary/aromatic N) is 2. The van der Waals surface area contributed by atoms with E-state index < -0.39 is 11.7 Å². The first-order chi connectivity index (χ1) is 10.7. The molecule has 0 radical (unpaired) electrons. The molecule has 0 fully saturated rings. The van der Waals surface area contributed by atoms with Crippen LogP contribution in [0.2, 0.25) is 5.02 Å². The molecule has 0 saturated heterocycles. The molecule has 0 atom stereocenters. The molecular formula is C16H19ClN4O2. The summed E-state index contributed by atoms with van der Waals surface area (Å²) in [6.45, 7) is 7.28. The maximum atomic E-state index is 11.7. The van der Waals surface area contributed by atoms with Gasteiger partial charge >= 0.3 is 6.09 Å². The van der Waals surface area contributed by atoms with Gasteiger partial charge < -0.3 is 10.1 Å². The smallest absolute Gasteiger partial charge is 0.413 e. The Morgan fingerprint density at radius 2 is 1.78 bits per heavy atom. The number of aromatic nitrogens is 2. The predicted octanol–water partition coefficient (Wildman–Crippen LogP) is 4.53. The molecule has 0 aliphatic heterocycles. The van der Waals surface area contributed by atoms with Gasteiger partial charge in [-0.3, -0.25) is 5.32 Å². The molecule has 0 bridgehead atoms. The molecule has 1 aromatic carbocycles. The van der Waals surface area contributed by atoms with Crippen LogP contribution < -0.4 is 10.6 Å². The zero-order valence-corrected chi connectivity index (χ0v) is 14.2. The van der Waals surface area contributed by atoms with Crippen molar-refractivity contribution in [2.24, 2.45) is 0 Å². The lowest BCUT2D eigenvalue weighted by Gasteiger charge is -2.19. The van der Waals surface area contributed by atoms with Gasteiger partial charge in [0.05, 0.1) is 0 Å². The Balaban J connectivity index is 2.02. The molecule has 1 aromatic heterocycles. The Bertz CT molecular complexity index is 696. The fourth-order valence-electron chi connectivity index (χ4n) is 1.75. The van der Waals surface area contributed by atoms with Crippen molar-refractivity contribution in [3.05, 3.63) is 40.9 Å². The van der Waals surface area contributed by atoms with Crippen molar-refractivity contribution in [1.29, 1.82) is 0 Å². The van der Waals surface area contributed by atoms with E-state index in [1.165, 1.54) is 0 Å². The second kappa shape index (κ2) is 6.83. The number of carbonyl (C=O) groups excluding carboxylic acids is 1. The third kappa shape index (κ3) is 5.10. The number of anilines is 3. The normalized spacial score (nSPS) is 11.0. The largest absolute Gasteiger partial charge is 0.444 e. The van der Waals surface area contributed by atoms with Gasteiger partial charge in [-0.1, -0.05) is 17.7 Å². The van der Waals surface area contributed by atoms with Crippen molar-refractivity contribution < 1.29 is 9.53 Å². The van der Waals surface area contributed by atoms with Gasteiger partial charge in [-0.25, -0.2) is 4.79 Å². The summed E-state index contributed by atoms with van der Waals surface area (Å²) in [5.74, 6) is 0.859. The highest BCUT2D eigenvalue weighted by Crippen LogP contribution is 2.25. The quantitative estimate of drug-likeness (QED) is 0.862. The van der Waals surface area contributed by atoms with Crippen LogP contribution in [0, 0.1) is 6.92 Å². The molecule has 0 aliphatic rings. The van der Waals surface area contributed by atoms with E-state index in [-0.39, 0.29) is 0 Å². The van der Waals surface area contributed by atoms with E-state index in [0.29, 0.717) is 16.7 Å². The van der Waals surface area contributed by atoms with Crippen molar-refractivity contribution >= 4 is 35.0 Å². The summed E-state index contributed by atoms with van der Waals surface area (Å²) >= 11 is 6.08. The number of hydrogen-bond acceptors (Lipinski definition) is 5. The molecule has 2 aromatic rings. The Labute approximate surface area is 140 Å². The molecule has 0 aliphatic carbocycles. The van der Waals surface area contributed by atoms with Crippen LogP contribution in [0.25, 0.3) is 0 Å². The van der Waals surface area contributed by atoms with Crippen LogP contribution in [0.5, 0.6) is 0 Å². The number of amides is 1. The predicted molar refractivity (Wildman–Crippen MR) is 91.4 cm³/mol. The summed E-state index contributed by atoms with van der Waals surface area (Å²) in [4.78, 5) is 11.7. The molecule has 2 rings (SSSR count). The van der Waals surface area contributed by atoms with Crippen molar-refractivity contribution in [1.82, 2.24) is 10.2 Å². The Morgan fingerprint density at radius 1 is 1.13 bits per heavy atom. The summed E-state index contributed by atoms with van der Waals surface area (Å²) in [5.41, 5.74) is 1.20. The Kier molecular flexibility index (Phi) is 5.05. The monoisotopic (exact) mass is 334 g/mol. The first-order valence-electron chi connectivity index (χ1n) is 7.10. The summed E-state index contributed by atoms with van der Waals surface area (Å²) in [5, 5.41) is 14.3. The SMILES string of the molecule is Cc1c(Cl)cccc1Nc1ccc(NC(=O)OC(C)(C)C)nn1. The molecular weight excluding hydrogens is 316 g/mol. The first-order valence-corrected chi connectivity index (χ1v) is 7.48. The van der Waals surface area contributed by atoms with E-state index in [1.807, 2.05) is 25.1 Å². The number of hydrogen-bond donors (Lipinski definition) is 2. The lowest BCUT2D eigenvalue weighted by Crippen LogP contribution is -2.27. The minimum atomic E-state index is -0.571. The van der Waals surface area contributed by atoms with Crippen molar-refractivity contribution in [3.63, 3.8) is 0 Å². The van der Waals surface area contributed by atoms with E-state index in [4.69, 9.17) is 16.3 Å². The van der Waals surface area contributed by atoms with Crippen LogP contribution >= 0.6 is 11.6 Å². The standard InChI is InChI=1S/C16H19ClN4O2/c1-10-11(17)6-5-7-12(10)18-13-8-9-14(21-20-13)19-15(22)23-16(2,3)4/h5-9H,1-4H3,(H,18,20)(H,19,21,22). The van der Waals surface area contributed by atoms with Crippen molar-refractivity contribution in [2.45, 2.75) is 33.3 Å². The second-order valence-electron chi connectivity index (χ2n) is 5.97. The molecule has 0 spiro atoms. The van der Waals surface area contributed by atoms with E-state index in [1.54, 1.807) is 32.9 Å². The average Bonchev–Trinajstić information content (AvgIpc) is 2.44. The van der Waals surface area contributed by atoms with Gasteiger partial charge in [0.1, 0.15) is 5.60 Å². The van der Waals surface area contributed by atoms with Crippen LogP contribution in [0.15, 0.2) is 30.3 Å². The molecule has 7 heteroatoms. The van der Waals surface area contributed by atoms with Crippen molar-refractivity contribution in [2.75, 3.05) is 10.6 Å². The maximum Gasteiger partial charge on any atom is 0.413 e. The molecule has 23 heavy (non-hydrogen) atoms. The van der Waals surface area contributed by atoms with E-state index in [2.05, 4.69) is 20.8 Å². The van der Waals surface area contributed by atoms with Crippen LogP contribution in [-0.2, 0) is 4.74 Å². The van der Waals surface area contributed by atoms with Crippen LogP contribution in [0.3, 0.4) is 0 Å². The molecule has 1 heterocycles. The zero-order valence-electron chi connectivity index (χ0n) is 13.5. The van der Waals surface area contributed by atoms with Gasteiger partial charge in [0.15, 0.2) is 11.6 Å². The van der Waals surface area contributed by atoms with Gasteiger partial charge in [0.25, 0.3) is 0 Å². The fourth-order valence-corrected chi connectivity index (χ4v) is 1.93. The van der Waals surface area contributed by atoms with Gasteiger partial charge in [-0.2, -0.15) is 0 Å². The summed E-state index contributed by atoms with van der Waals surface area (Å²) < 4.78 is 5.15. The van der Waals surface area contributed by atoms with Gasteiger partial charge in [0.2, 0.25) is 0 Å². The first kappa shape index (κ1) is 17.0. The lowest BCUT2D eigenvalue weighted by atomic mass is 10.2. The molecule has 6 nitrogen and oxygen atoms in total. The number of carbonyl (C=O) groups is 1. The summed E-state index contributed by atoms with van der Waals surface area (Å²) in [6, 6.07) is 8.92. The van der Waals surface area contributed by atoms with E-state index >= 15 is 0 Å². The lowest BCUT2D eigenvalue weighted by molar-refractivity contribution is 0.0635. The average molecular weight is 335 g/mol. The number of ether oxygens (including phenoxy) is 1. The molecule has 0 saturated carbocycles. The highest BCUT2D eigenvalue weighted by molar-refractivity contribution is 6.31. The number of rotatable bonds is 3. The van der Waals surface area contributed by atoms with Crippen LogP contribution in [0.4, 0.5) is 22.1 Å². The molecule has 0 unspecified atom stereocenters. The third-order valence-corrected chi connectivity index (χ3v) is 3.23. The fraction of sp³-hybridized carbons (Fsp3) is 0.312. The zero-order chi connectivity index (χ0) is 17.0. The maximum absolute atomic E-state index is 11.7. The van der Waals surface area contributed by atoms with Crippen LogP contribution in [-0.4, -0.2) is 21.9 Å². The molecule has 122 valence electrons. The van der Waals surface area contributed by atoms with Crippen molar-refractivity contribution in [3.8, 4) is 0 Å². The van der Waals surface area contributed by atoms with Crippen LogP contribution in [0.1, 0.15) is 26.3 Å². The highest BCUT2D eigenvalue weighted by atomic mass is 35.5. The summed E-state index contributed by atoms with van der Waals surface area (Å²) in [6.07, 6.45) is -0.571. The topological polar surface area (TPSA) is 76.1 Å². The van der Waals surface area contributed by atoms with E-state index in [9.17, 15) is 4.79 Å². The molecule has 1 amide bonds. The minimum Gasteiger partial charge on any atom is -0.444 e. The third-order valence-electron chi connectivity index (χ3n) is 2.82. The highest BCUT2D eigenvalue weighted by Gasteiger charge is 2.16. The second-order valence-corrected chi connectivity index (χ2v) is 6.38. The number of nitrogens with one attached hydrogen (secondary N) is 2. The Morgan fingerprint density at radius 3 is 2.39 bits per heavy atom. The number of halogens is 1. The van der Waals surface area contributed by atoms with E-state index in [0.717, 1.165) is 11.3 Å². The number of benzene rings is 1. The van der Waals surface area contributed by atoms with Gasteiger partial charge in [0, 0.05) is 10.7 Å².